The number of benzene rings is 2. The molecule has 2 aromatic heterocycles. The van der Waals surface area contributed by atoms with E-state index in [1.54, 1.807) is 13.0 Å². The van der Waals surface area contributed by atoms with E-state index < -0.39 is 33.0 Å². The van der Waals surface area contributed by atoms with Gasteiger partial charge in [0.1, 0.15) is 5.56 Å². The standard InChI is InChI=1S/C25H21F3N4O4S/c1-15-20(22-10-11-30-31-22)13-21(23(33)29-14-16-6-8-19(9-7-16)37(2,35)36)24(34)32(15)18-5-3-4-17(12-18)25(26,27)28/h3-13H,14H2,1-2H3,(H,29,33)(H,30,31). The summed E-state index contributed by atoms with van der Waals surface area (Å²) in [5.74, 6) is -0.751. The van der Waals surface area contributed by atoms with E-state index >= 15 is 0 Å². The lowest BCUT2D eigenvalue weighted by Gasteiger charge is -2.17. The molecule has 1 amide bonds. The quantitative estimate of drug-likeness (QED) is 0.393. The number of sulfone groups is 1. The van der Waals surface area contributed by atoms with Crippen LogP contribution in [0.2, 0.25) is 0 Å². The van der Waals surface area contributed by atoms with Gasteiger partial charge in [-0.2, -0.15) is 18.3 Å². The van der Waals surface area contributed by atoms with Gasteiger partial charge in [0.05, 0.1) is 16.2 Å². The van der Waals surface area contributed by atoms with Crippen LogP contribution in [0.15, 0.2) is 76.6 Å². The van der Waals surface area contributed by atoms with Gasteiger partial charge in [0.15, 0.2) is 9.84 Å². The molecule has 12 heteroatoms. The molecule has 0 radical (unpaired) electrons. The molecule has 0 fully saturated rings. The average Bonchev–Trinajstić information content (AvgIpc) is 3.37. The Hall–Kier alpha value is -4.19. The van der Waals surface area contributed by atoms with Crippen LogP contribution in [0, 0.1) is 6.92 Å². The third kappa shape index (κ3) is 5.48. The fraction of sp³-hybridized carbons (Fsp3) is 0.160. The Morgan fingerprint density at radius 3 is 2.38 bits per heavy atom. The number of hydrogen-bond acceptors (Lipinski definition) is 5. The van der Waals surface area contributed by atoms with Crippen molar-refractivity contribution >= 4 is 15.7 Å². The number of aromatic amines is 1. The van der Waals surface area contributed by atoms with Crippen molar-refractivity contribution in [1.29, 1.82) is 0 Å². The molecule has 0 aliphatic rings. The zero-order chi connectivity index (χ0) is 27.0. The van der Waals surface area contributed by atoms with Crippen molar-refractivity contribution in [3.05, 3.63) is 99.6 Å². The van der Waals surface area contributed by atoms with Crippen molar-refractivity contribution in [3.8, 4) is 16.9 Å². The van der Waals surface area contributed by atoms with E-state index in [1.165, 1.54) is 48.7 Å². The van der Waals surface area contributed by atoms with Crippen LogP contribution >= 0.6 is 0 Å². The highest BCUT2D eigenvalue weighted by Gasteiger charge is 2.31. The molecule has 4 rings (SSSR count). The maximum absolute atomic E-state index is 13.4. The van der Waals surface area contributed by atoms with E-state index in [0.29, 0.717) is 22.5 Å². The van der Waals surface area contributed by atoms with Crippen LogP contribution in [0.4, 0.5) is 13.2 Å². The van der Waals surface area contributed by atoms with Gasteiger partial charge in [0, 0.05) is 35.9 Å². The lowest BCUT2D eigenvalue weighted by atomic mass is 10.1. The molecule has 0 saturated carbocycles. The first kappa shape index (κ1) is 25.9. The summed E-state index contributed by atoms with van der Waals surface area (Å²) in [6.07, 6.45) is -2.08. The van der Waals surface area contributed by atoms with Gasteiger partial charge in [0.2, 0.25) is 0 Å². The molecule has 0 unspecified atom stereocenters. The minimum Gasteiger partial charge on any atom is -0.348 e. The van der Waals surface area contributed by atoms with E-state index in [9.17, 15) is 31.2 Å². The van der Waals surface area contributed by atoms with Gasteiger partial charge in [-0.3, -0.25) is 19.3 Å². The summed E-state index contributed by atoms with van der Waals surface area (Å²) >= 11 is 0. The molecule has 0 aliphatic heterocycles. The number of carbonyl (C=O) groups excluding carboxylic acids is 1. The molecule has 8 nitrogen and oxygen atoms in total. The Balaban J connectivity index is 1.75. The third-order valence-corrected chi connectivity index (χ3v) is 6.85. The molecule has 0 spiro atoms. The van der Waals surface area contributed by atoms with Gasteiger partial charge in [-0.15, -0.1) is 0 Å². The normalized spacial score (nSPS) is 11.9. The Bertz CT molecular complexity index is 1630. The van der Waals surface area contributed by atoms with E-state index in [4.69, 9.17) is 0 Å². The van der Waals surface area contributed by atoms with Gasteiger partial charge < -0.3 is 5.32 Å². The van der Waals surface area contributed by atoms with Crippen molar-refractivity contribution in [2.75, 3.05) is 6.26 Å². The molecule has 0 bridgehead atoms. The molecule has 2 aromatic carbocycles. The third-order valence-electron chi connectivity index (χ3n) is 5.72. The molecule has 0 saturated heterocycles. The molecule has 4 aromatic rings. The molecule has 0 atom stereocenters. The largest absolute Gasteiger partial charge is 0.416 e. The lowest BCUT2D eigenvalue weighted by molar-refractivity contribution is -0.137. The van der Waals surface area contributed by atoms with Gasteiger partial charge in [-0.05, 0) is 55.0 Å². The molecular formula is C25H21F3N4O4S. The molecular weight excluding hydrogens is 509 g/mol. The van der Waals surface area contributed by atoms with Gasteiger partial charge in [-0.1, -0.05) is 18.2 Å². The summed E-state index contributed by atoms with van der Waals surface area (Å²) < 4.78 is 64.4. The molecule has 192 valence electrons. The minimum atomic E-state index is -4.62. The maximum atomic E-state index is 13.4. The highest BCUT2D eigenvalue weighted by molar-refractivity contribution is 7.90. The number of nitrogens with one attached hydrogen (secondary N) is 2. The second kappa shape index (κ2) is 9.69. The predicted molar refractivity (Wildman–Crippen MR) is 130 cm³/mol. The van der Waals surface area contributed by atoms with Gasteiger partial charge >= 0.3 is 6.18 Å². The lowest BCUT2D eigenvalue weighted by Crippen LogP contribution is -2.33. The Kier molecular flexibility index (Phi) is 6.78. The monoisotopic (exact) mass is 530 g/mol. The summed E-state index contributed by atoms with van der Waals surface area (Å²) in [7, 11) is -3.38. The van der Waals surface area contributed by atoms with Crippen LogP contribution in [0.25, 0.3) is 16.9 Å². The molecule has 0 aliphatic carbocycles. The number of alkyl halides is 3. The van der Waals surface area contributed by atoms with Crippen LogP contribution in [-0.4, -0.2) is 35.3 Å². The van der Waals surface area contributed by atoms with Crippen LogP contribution in [-0.2, 0) is 22.6 Å². The van der Waals surface area contributed by atoms with E-state index in [2.05, 4.69) is 15.5 Å². The number of hydrogen-bond donors (Lipinski definition) is 2. The van der Waals surface area contributed by atoms with E-state index in [1.807, 2.05) is 0 Å². The molecule has 2 N–H and O–H groups in total. The number of H-pyrrole nitrogens is 1. The van der Waals surface area contributed by atoms with Crippen molar-refractivity contribution in [2.24, 2.45) is 0 Å². The number of aromatic nitrogens is 3. The first-order valence-corrected chi connectivity index (χ1v) is 12.8. The van der Waals surface area contributed by atoms with E-state index in [0.717, 1.165) is 23.0 Å². The zero-order valence-corrected chi connectivity index (χ0v) is 20.4. The number of nitrogens with zero attached hydrogens (tertiary/aromatic N) is 2. The van der Waals surface area contributed by atoms with Crippen LogP contribution in [0.5, 0.6) is 0 Å². The number of rotatable bonds is 6. The number of halogens is 3. The zero-order valence-electron chi connectivity index (χ0n) is 19.6. The second-order valence-electron chi connectivity index (χ2n) is 8.31. The maximum Gasteiger partial charge on any atom is 0.416 e. The minimum absolute atomic E-state index is 0.0147. The molecule has 2 heterocycles. The van der Waals surface area contributed by atoms with Crippen molar-refractivity contribution in [3.63, 3.8) is 0 Å². The Labute approximate surface area is 209 Å². The topological polar surface area (TPSA) is 114 Å². The predicted octanol–water partition coefficient (Wildman–Crippen LogP) is 3.89. The highest BCUT2D eigenvalue weighted by atomic mass is 32.2. The second-order valence-corrected chi connectivity index (χ2v) is 10.3. The first-order valence-electron chi connectivity index (χ1n) is 10.9. The Morgan fingerprint density at radius 1 is 1.08 bits per heavy atom. The summed E-state index contributed by atoms with van der Waals surface area (Å²) in [4.78, 5) is 26.6. The number of carbonyl (C=O) groups is 1. The van der Waals surface area contributed by atoms with Crippen LogP contribution in [0.1, 0.15) is 27.2 Å². The van der Waals surface area contributed by atoms with Gasteiger partial charge in [0.25, 0.3) is 11.5 Å². The van der Waals surface area contributed by atoms with Crippen molar-refractivity contribution in [1.82, 2.24) is 20.1 Å². The number of amides is 1. The van der Waals surface area contributed by atoms with Gasteiger partial charge in [-0.25, -0.2) is 8.42 Å². The first-order chi connectivity index (χ1) is 17.4. The average molecular weight is 531 g/mol. The fourth-order valence-electron chi connectivity index (χ4n) is 3.81. The summed E-state index contributed by atoms with van der Waals surface area (Å²) in [5, 5.41) is 9.24. The summed E-state index contributed by atoms with van der Waals surface area (Å²) in [5.41, 5.74) is -0.330. The van der Waals surface area contributed by atoms with E-state index in [-0.39, 0.29) is 22.7 Å². The smallest absolute Gasteiger partial charge is 0.348 e. The summed E-state index contributed by atoms with van der Waals surface area (Å²) in [6.45, 7) is 1.54. The van der Waals surface area contributed by atoms with Crippen molar-refractivity contribution < 1.29 is 26.4 Å². The fourth-order valence-corrected chi connectivity index (χ4v) is 4.44. The number of pyridine rings is 1. The van der Waals surface area contributed by atoms with Crippen molar-refractivity contribution in [2.45, 2.75) is 24.5 Å². The SMILES string of the molecule is Cc1c(-c2ccn[nH]2)cc(C(=O)NCc2ccc(S(C)(=O)=O)cc2)c(=O)n1-c1cccc(C(F)(F)F)c1. The summed E-state index contributed by atoms with van der Waals surface area (Å²) in [6, 6.07) is 13.1. The molecule has 37 heavy (non-hydrogen) atoms. The van der Waals surface area contributed by atoms with Crippen LogP contribution in [0.3, 0.4) is 0 Å². The van der Waals surface area contributed by atoms with Crippen LogP contribution < -0.4 is 10.9 Å². The highest BCUT2D eigenvalue weighted by Crippen LogP contribution is 2.31. The Morgan fingerprint density at radius 2 is 1.78 bits per heavy atom.